The van der Waals surface area contributed by atoms with Gasteiger partial charge >= 0.3 is 0 Å². The van der Waals surface area contributed by atoms with E-state index in [2.05, 4.69) is 0 Å². The Bertz CT molecular complexity index is 539. The number of rotatable bonds is 3. The lowest BCUT2D eigenvalue weighted by atomic mass is 10.2. The van der Waals surface area contributed by atoms with Gasteiger partial charge in [-0.25, -0.2) is 8.42 Å². The second kappa shape index (κ2) is 4.87. The predicted molar refractivity (Wildman–Crippen MR) is 67.3 cm³/mol. The van der Waals surface area contributed by atoms with Crippen LogP contribution in [0, 0.1) is 0 Å². The molecule has 1 unspecified atom stereocenters. The van der Waals surface area contributed by atoms with Crippen molar-refractivity contribution >= 4 is 9.84 Å². The zero-order chi connectivity index (χ0) is 13.3. The molecule has 0 bridgehead atoms. The van der Waals surface area contributed by atoms with Gasteiger partial charge in [0.15, 0.2) is 9.84 Å². The zero-order valence-corrected chi connectivity index (χ0v) is 11.5. The summed E-state index contributed by atoms with van der Waals surface area (Å²) in [5.41, 5.74) is 0.873. The van der Waals surface area contributed by atoms with Crippen LogP contribution in [0.1, 0.15) is 5.56 Å². The minimum atomic E-state index is -3.21. The quantitative estimate of drug-likeness (QED) is 0.817. The van der Waals surface area contributed by atoms with Gasteiger partial charge < -0.3 is 14.4 Å². The van der Waals surface area contributed by atoms with Crippen LogP contribution in [0.25, 0.3) is 0 Å². The number of likely N-dealkylation sites (N-methyl/N-ethyl adjacent to an activating group) is 1. The average molecular weight is 271 g/mol. The highest BCUT2D eigenvalue weighted by Gasteiger charge is 2.22. The summed E-state index contributed by atoms with van der Waals surface area (Å²) in [4.78, 5) is 2.22. The summed E-state index contributed by atoms with van der Waals surface area (Å²) in [5.74, 6) is 0.594. The Morgan fingerprint density at radius 2 is 2.11 bits per heavy atom. The van der Waals surface area contributed by atoms with E-state index >= 15 is 0 Å². The predicted octanol–water partition coefficient (Wildman–Crippen LogP) is 0.887. The van der Waals surface area contributed by atoms with Gasteiger partial charge in [0.05, 0.1) is 18.0 Å². The molecule has 1 aliphatic rings. The number of nitrogens with zero attached hydrogens (tertiary/aromatic N) is 1. The lowest BCUT2D eigenvalue weighted by Crippen LogP contribution is -2.35. The standard InChI is InChI=1S/C12H17NO4S/c1-13(2)7-12-16-8-9-4-5-10(18(3,14)15)6-11(9)17-12/h4-6,12H,7-8H2,1-3H3. The van der Waals surface area contributed by atoms with Gasteiger partial charge in [-0.2, -0.15) is 0 Å². The van der Waals surface area contributed by atoms with Gasteiger partial charge in [-0.05, 0) is 26.2 Å². The topological polar surface area (TPSA) is 55.8 Å². The molecule has 100 valence electrons. The van der Waals surface area contributed by atoms with E-state index in [1.54, 1.807) is 18.2 Å². The first-order valence-electron chi connectivity index (χ1n) is 5.62. The van der Waals surface area contributed by atoms with Gasteiger partial charge in [0, 0.05) is 11.8 Å². The lowest BCUT2D eigenvalue weighted by molar-refractivity contribution is -0.116. The highest BCUT2D eigenvalue weighted by molar-refractivity contribution is 7.90. The Balaban J connectivity index is 2.25. The third-order valence-electron chi connectivity index (χ3n) is 2.66. The van der Waals surface area contributed by atoms with Crippen LogP contribution in [0.15, 0.2) is 23.1 Å². The summed E-state index contributed by atoms with van der Waals surface area (Å²) in [6.45, 7) is 1.07. The molecule has 6 heteroatoms. The summed E-state index contributed by atoms with van der Waals surface area (Å²) < 4.78 is 34.1. The molecule has 18 heavy (non-hydrogen) atoms. The molecule has 0 aliphatic carbocycles. The molecule has 0 aromatic heterocycles. The first-order chi connectivity index (χ1) is 8.36. The summed E-state index contributed by atoms with van der Waals surface area (Å²) in [7, 11) is 0.643. The number of hydrogen-bond acceptors (Lipinski definition) is 5. The minimum absolute atomic E-state index is 0.270. The second-order valence-electron chi connectivity index (χ2n) is 4.66. The van der Waals surface area contributed by atoms with Crippen LogP contribution in [0.3, 0.4) is 0 Å². The molecule has 2 rings (SSSR count). The molecule has 0 amide bonds. The Labute approximate surface area is 107 Å². The highest BCUT2D eigenvalue weighted by atomic mass is 32.2. The Hall–Kier alpha value is -1.11. The van der Waals surface area contributed by atoms with Gasteiger partial charge in [-0.1, -0.05) is 6.07 Å². The maximum atomic E-state index is 11.5. The van der Waals surface area contributed by atoms with Crippen molar-refractivity contribution < 1.29 is 17.9 Å². The molecular formula is C12H17NO4S. The van der Waals surface area contributed by atoms with Gasteiger partial charge in [0.2, 0.25) is 6.29 Å². The number of fused-ring (bicyclic) bond motifs is 1. The lowest BCUT2D eigenvalue weighted by Gasteiger charge is -2.28. The van der Waals surface area contributed by atoms with Crippen molar-refractivity contribution in [2.45, 2.75) is 17.8 Å². The van der Waals surface area contributed by atoms with E-state index in [9.17, 15) is 8.42 Å². The molecular weight excluding hydrogens is 254 g/mol. The molecule has 0 spiro atoms. The van der Waals surface area contributed by atoms with Crippen LogP contribution in [0.5, 0.6) is 5.75 Å². The van der Waals surface area contributed by atoms with Crippen LogP contribution >= 0.6 is 0 Å². The van der Waals surface area contributed by atoms with Crippen molar-refractivity contribution in [3.63, 3.8) is 0 Å². The molecule has 1 aromatic rings. The molecule has 1 heterocycles. The first-order valence-corrected chi connectivity index (χ1v) is 7.51. The largest absolute Gasteiger partial charge is 0.463 e. The van der Waals surface area contributed by atoms with Crippen LogP contribution in [-0.4, -0.2) is 46.5 Å². The van der Waals surface area contributed by atoms with E-state index in [-0.39, 0.29) is 11.2 Å². The zero-order valence-electron chi connectivity index (χ0n) is 10.7. The summed E-state index contributed by atoms with van der Waals surface area (Å²) in [5, 5.41) is 0. The molecule has 1 atom stereocenters. The molecule has 0 fully saturated rings. The van der Waals surface area contributed by atoms with Crippen molar-refractivity contribution in [3.05, 3.63) is 23.8 Å². The number of hydrogen-bond donors (Lipinski definition) is 0. The number of sulfone groups is 1. The average Bonchev–Trinajstić information content (AvgIpc) is 2.26. The summed E-state index contributed by atoms with van der Waals surface area (Å²) in [6, 6.07) is 4.88. The monoisotopic (exact) mass is 271 g/mol. The van der Waals surface area contributed by atoms with Gasteiger partial charge in [0.25, 0.3) is 0 Å². The van der Waals surface area contributed by atoms with E-state index in [0.29, 0.717) is 18.9 Å². The van der Waals surface area contributed by atoms with Crippen molar-refractivity contribution in [3.8, 4) is 5.75 Å². The van der Waals surface area contributed by atoms with Crippen LogP contribution < -0.4 is 4.74 Å². The van der Waals surface area contributed by atoms with Gasteiger partial charge in [0.1, 0.15) is 5.75 Å². The van der Waals surface area contributed by atoms with Crippen molar-refractivity contribution in [2.24, 2.45) is 0 Å². The maximum Gasteiger partial charge on any atom is 0.213 e. The molecule has 0 saturated heterocycles. The smallest absolute Gasteiger partial charge is 0.213 e. The highest BCUT2D eigenvalue weighted by Crippen LogP contribution is 2.29. The van der Waals surface area contributed by atoms with E-state index in [0.717, 1.165) is 5.56 Å². The number of benzene rings is 1. The molecule has 0 N–H and O–H groups in total. The second-order valence-corrected chi connectivity index (χ2v) is 6.68. The van der Waals surface area contributed by atoms with Crippen LogP contribution in [0.4, 0.5) is 0 Å². The van der Waals surface area contributed by atoms with Gasteiger partial charge in [-0.3, -0.25) is 0 Å². The third kappa shape index (κ3) is 3.01. The van der Waals surface area contributed by atoms with E-state index in [1.807, 2.05) is 19.0 Å². The fourth-order valence-corrected chi connectivity index (χ4v) is 2.38. The van der Waals surface area contributed by atoms with Crippen LogP contribution in [0.2, 0.25) is 0 Å². The summed E-state index contributed by atoms with van der Waals surface area (Å²) in [6.07, 6.45) is 0.827. The minimum Gasteiger partial charge on any atom is -0.463 e. The fourth-order valence-electron chi connectivity index (χ4n) is 1.74. The normalized spacial score (nSPS) is 19.4. The van der Waals surface area contributed by atoms with Crippen molar-refractivity contribution in [1.29, 1.82) is 0 Å². The van der Waals surface area contributed by atoms with Crippen molar-refractivity contribution in [2.75, 3.05) is 26.9 Å². The number of ether oxygens (including phenoxy) is 2. The van der Waals surface area contributed by atoms with E-state index in [1.165, 1.54) is 6.26 Å². The van der Waals surface area contributed by atoms with E-state index in [4.69, 9.17) is 9.47 Å². The first kappa shape index (κ1) is 13.3. The molecule has 0 radical (unpaired) electrons. The molecule has 0 saturated carbocycles. The molecule has 1 aliphatic heterocycles. The Morgan fingerprint density at radius 3 is 2.72 bits per heavy atom. The third-order valence-corrected chi connectivity index (χ3v) is 3.77. The molecule has 1 aromatic carbocycles. The Kier molecular flexibility index (Phi) is 3.61. The van der Waals surface area contributed by atoms with Crippen LogP contribution in [-0.2, 0) is 21.2 Å². The maximum absolute atomic E-state index is 11.5. The molecule has 5 nitrogen and oxygen atoms in total. The van der Waals surface area contributed by atoms with Crippen molar-refractivity contribution in [1.82, 2.24) is 4.90 Å². The fraction of sp³-hybridized carbons (Fsp3) is 0.500. The van der Waals surface area contributed by atoms with Gasteiger partial charge in [-0.15, -0.1) is 0 Å². The van der Waals surface area contributed by atoms with E-state index < -0.39 is 9.84 Å². The Morgan fingerprint density at radius 1 is 1.39 bits per heavy atom. The SMILES string of the molecule is CN(C)CC1OCc2ccc(S(C)(=O)=O)cc2O1. The summed E-state index contributed by atoms with van der Waals surface area (Å²) >= 11 is 0.